The summed E-state index contributed by atoms with van der Waals surface area (Å²) in [5.74, 6) is -0.0691. The molecule has 0 saturated carbocycles. The van der Waals surface area contributed by atoms with E-state index in [0.29, 0.717) is 63.2 Å². The van der Waals surface area contributed by atoms with Crippen LogP contribution in [0, 0.1) is 12.8 Å². The van der Waals surface area contributed by atoms with Crippen molar-refractivity contribution in [1.29, 1.82) is 0 Å². The molecule has 1 fully saturated rings. The number of carbonyl (C=O) groups is 2. The third-order valence-electron chi connectivity index (χ3n) is 5.96. The number of piperidine rings is 1. The molecule has 7 nitrogen and oxygen atoms in total. The molecule has 8 heteroatoms. The minimum Gasteiger partial charge on any atom is -0.343 e. The normalized spacial score (nSPS) is 15.5. The summed E-state index contributed by atoms with van der Waals surface area (Å²) in [5, 5.41) is 0. The van der Waals surface area contributed by atoms with Gasteiger partial charge in [0.1, 0.15) is 0 Å². The first-order valence-electron chi connectivity index (χ1n) is 10.9. The van der Waals surface area contributed by atoms with Crippen LogP contribution in [-0.4, -0.2) is 73.6 Å². The monoisotopic (exact) mass is 437 g/mol. The van der Waals surface area contributed by atoms with Crippen LogP contribution in [0.5, 0.6) is 0 Å². The molecule has 0 aliphatic carbocycles. The zero-order valence-electron chi connectivity index (χ0n) is 18.8. The fraction of sp³-hybridized carbons (Fsp3) is 0.636. The van der Waals surface area contributed by atoms with Crippen molar-refractivity contribution in [2.75, 3.05) is 39.3 Å². The second-order valence-electron chi connectivity index (χ2n) is 7.65. The van der Waals surface area contributed by atoms with E-state index in [0.717, 1.165) is 0 Å². The van der Waals surface area contributed by atoms with E-state index in [9.17, 15) is 18.0 Å². The molecule has 1 aliphatic heterocycles. The van der Waals surface area contributed by atoms with Crippen LogP contribution in [0.4, 0.5) is 0 Å². The van der Waals surface area contributed by atoms with E-state index in [1.807, 2.05) is 18.7 Å². The number of benzene rings is 1. The lowest BCUT2D eigenvalue weighted by Crippen LogP contribution is -2.44. The van der Waals surface area contributed by atoms with E-state index >= 15 is 0 Å². The summed E-state index contributed by atoms with van der Waals surface area (Å²) < 4.78 is 27.3. The number of hydrogen-bond acceptors (Lipinski definition) is 4. The van der Waals surface area contributed by atoms with Crippen LogP contribution in [0.2, 0.25) is 0 Å². The van der Waals surface area contributed by atoms with Crippen LogP contribution in [-0.2, 0) is 14.8 Å². The Morgan fingerprint density at radius 1 is 1.00 bits per heavy atom. The van der Waals surface area contributed by atoms with Gasteiger partial charge in [-0.1, -0.05) is 19.9 Å². The molecule has 0 radical (unpaired) electrons. The molecule has 1 aromatic carbocycles. The molecule has 168 valence electrons. The van der Waals surface area contributed by atoms with Gasteiger partial charge in [-0.15, -0.1) is 0 Å². The van der Waals surface area contributed by atoms with Gasteiger partial charge >= 0.3 is 0 Å². The van der Waals surface area contributed by atoms with Crippen molar-refractivity contribution in [3.63, 3.8) is 0 Å². The number of carbonyl (C=O) groups excluding carboxylic acids is 2. The van der Waals surface area contributed by atoms with Crippen molar-refractivity contribution in [1.82, 2.24) is 14.1 Å². The average molecular weight is 438 g/mol. The van der Waals surface area contributed by atoms with Crippen LogP contribution in [0.3, 0.4) is 0 Å². The molecule has 0 atom stereocenters. The van der Waals surface area contributed by atoms with Crippen LogP contribution >= 0.6 is 0 Å². The van der Waals surface area contributed by atoms with Gasteiger partial charge in [-0.2, -0.15) is 4.31 Å². The quantitative estimate of drug-likeness (QED) is 0.627. The Balaban J connectivity index is 2.17. The van der Waals surface area contributed by atoms with Gasteiger partial charge in [0.05, 0.1) is 4.90 Å². The summed E-state index contributed by atoms with van der Waals surface area (Å²) in [5.41, 5.74) is 1.00. The topological polar surface area (TPSA) is 78.0 Å². The first-order valence-corrected chi connectivity index (χ1v) is 12.3. The molecule has 2 amide bonds. The summed E-state index contributed by atoms with van der Waals surface area (Å²) in [6.45, 7) is 12.4. The smallest absolute Gasteiger partial charge is 0.253 e. The predicted octanol–water partition coefficient (Wildman–Crippen LogP) is 2.75. The minimum atomic E-state index is -3.64. The molecule has 0 spiro atoms. The SMILES string of the molecule is CCN(CC)C(=O)C1CCN(C(=O)c2ccc(C)c(S(=O)(=O)N(CC)CC)c2)CC1. The van der Waals surface area contributed by atoms with Crippen molar-refractivity contribution in [3.05, 3.63) is 29.3 Å². The minimum absolute atomic E-state index is 0.0504. The van der Waals surface area contributed by atoms with E-state index < -0.39 is 10.0 Å². The molecule has 1 saturated heterocycles. The maximum atomic E-state index is 13.0. The van der Waals surface area contributed by atoms with Crippen LogP contribution < -0.4 is 0 Å². The zero-order valence-corrected chi connectivity index (χ0v) is 19.7. The summed E-state index contributed by atoms with van der Waals surface area (Å²) >= 11 is 0. The maximum absolute atomic E-state index is 13.0. The highest BCUT2D eigenvalue weighted by Gasteiger charge is 2.31. The van der Waals surface area contributed by atoms with Gasteiger partial charge in [-0.3, -0.25) is 9.59 Å². The average Bonchev–Trinajstić information content (AvgIpc) is 2.75. The number of rotatable bonds is 8. The van der Waals surface area contributed by atoms with E-state index in [-0.39, 0.29) is 22.6 Å². The van der Waals surface area contributed by atoms with Crippen LogP contribution in [0.1, 0.15) is 56.5 Å². The first kappa shape index (κ1) is 24.3. The largest absolute Gasteiger partial charge is 0.343 e. The number of nitrogens with zero attached hydrogens (tertiary/aromatic N) is 3. The first-order chi connectivity index (χ1) is 14.2. The molecule has 0 aromatic heterocycles. The molecule has 0 N–H and O–H groups in total. The summed E-state index contributed by atoms with van der Waals surface area (Å²) in [7, 11) is -3.64. The summed E-state index contributed by atoms with van der Waals surface area (Å²) in [6.07, 6.45) is 1.27. The highest BCUT2D eigenvalue weighted by molar-refractivity contribution is 7.89. The van der Waals surface area contributed by atoms with E-state index in [4.69, 9.17) is 0 Å². The molecule has 1 aromatic rings. The maximum Gasteiger partial charge on any atom is 0.253 e. The lowest BCUT2D eigenvalue weighted by Gasteiger charge is -2.34. The van der Waals surface area contributed by atoms with Gasteiger partial charge in [0.25, 0.3) is 5.91 Å². The van der Waals surface area contributed by atoms with E-state index in [1.165, 1.54) is 10.4 Å². The molecule has 30 heavy (non-hydrogen) atoms. The lowest BCUT2D eigenvalue weighted by molar-refractivity contribution is -0.136. The number of amides is 2. The number of likely N-dealkylation sites (tertiary alicyclic amines) is 1. The standard InChI is InChI=1S/C22H35N3O4S/c1-6-23(7-2)21(26)18-12-14-24(15-13-18)22(27)19-11-10-17(5)20(16-19)30(28,29)25(8-3)9-4/h10-11,16,18H,6-9,12-15H2,1-5H3. The molecular weight excluding hydrogens is 402 g/mol. The zero-order chi connectivity index (χ0) is 22.5. The molecule has 1 heterocycles. The van der Waals surface area contributed by atoms with Gasteiger partial charge < -0.3 is 9.80 Å². The molecule has 0 unspecified atom stereocenters. The van der Waals surface area contributed by atoms with Crippen LogP contribution in [0.15, 0.2) is 23.1 Å². The van der Waals surface area contributed by atoms with Crippen molar-refractivity contribution in [2.24, 2.45) is 5.92 Å². The fourth-order valence-electron chi connectivity index (χ4n) is 4.02. The molecule has 0 bridgehead atoms. The summed E-state index contributed by atoms with van der Waals surface area (Å²) in [4.78, 5) is 29.4. The van der Waals surface area contributed by atoms with Gasteiger partial charge in [0.15, 0.2) is 0 Å². The lowest BCUT2D eigenvalue weighted by atomic mass is 9.94. The van der Waals surface area contributed by atoms with Gasteiger partial charge in [-0.05, 0) is 51.3 Å². The highest BCUT2D eigenvalue weighted by atomic mass is 32.2. The second kappa shape index (κ2) is 10.4. The molecule has 1 aliphatic rings. The van der Waals surface area contributed by atoms with E-state index in [1.54, 1.807) is 37.8 Å². The third kappa shape index (κ3) is 5.03. The van der Waals surface area contributed by atoms with Crippen molar-refractivity contribution in [2.45, 2.75) is 52.4 Å². The van der Waals surface area contributed by atoms with Gasteiger partial charge in [-0.25, -0.2) is 8.42 Å². The molecule has 2 rings (SSSR count). The Hall–Kier alpha value is -1.93. The van der Waals surface area contributed by atoms with Gasteiger partial charge in [0, 0.05) is 50.7 Å². The second-order valence-corrected chi connectivity index (χ2v) is 9.55. The van der Waals surface area contributed by atoms with Crippen molar-refractivity contribution >= 4 is 21.8 Å². The third-order valence-corrected chi connectivity index (χ3v) is 8.16. The molecular formula is C22H35N3O4S. The van der Waals surface area contributed by atoms with Crippen molar-refractivity contribution in [3.8, 4) is 0 Å². The highest BCUT2D eigenvalue weighted by Crippen LogP contribution is 2.25. The number of sulfonamides is 1. The van der Waals surface area contributed by atoms with Crippen molar-refractivity contribution < 1.29 is 18.0 Å². The Morgan fingerprint density at radius 2 is 1.57 bits per heavy atom. The predicted molar refractivity (Wildman–Crippen MR) is 118 cm³/mol. The number of aryl methyl sites for hydroxylation is 1. The Kier molecular flexibility index (Phi) is 8.43. The van der Waals surface area contributed by atoms with Gasteiger partial charge in [0.2, 0.25) is 15.9 Å². The Morgan fingerprint density at radius 3 is 2.07 bits per heavy atom. The Bertz CT molecular complexity index is 853. The summed E-state index contributed by atoms with van der Waals surface area (Å²) in [6, 6.07) is 4.88. The Labute approximate surface area is 181 Å². The van der Waals surface area contributed by atoms with Crippen LogP contribution in [0.25, 0.3) is 0 Å². The fourth-order valence-corrected chi connectivity index (χ4v) is 5.73. The van der Waals surface area contributed by atoms with E-state index in [2.05, 4.69) is 0 Å². The number of hydrogen-bond donors (Lipinski definition) is 0.